The number of anilines is 1. The first-order chi connectivity index (χ1) is 13.2. The Hall–Kier alpha value is -2.82. The first-order valence-electron chi connectivity index (χ1n) is 9.54. The van der Waals surface area contributed by atoms with E-state index in [4.69, 9.17) is 4.74 Å². The maximum absolute atomic E-state index is 13.0. The van der Waals surface area contributed by atoms with Gasteiger partial charge in [-0.05, 0) is 48.7 Å². The highest BCUT2D eigenvalue weighted by molar-refractivity contribution is 6.00. The topological polar surface area (TPSA) is 49.9 Å². The average molecular weight is 364 g/mol. The van der Waals surface area contributed by atoms with Crippen molar-refractivity contribution in [3.63, 3.8) is 0 Å². The first-order valence-corrected chi connectivity index (χ1v) is 9.54. The average Bonchev–Trinajstić information content (AvgIpc) is 3.09. The molecular formula is C22H24N2O3. The summed E-state index contributed by atoms with van der Waals surface area (Å²) in [6.45, 7) is 4.36. The van der Waals surface area contributed by atoms with Crippen molar-refractivity contribution in [2.45, 2.75) is 26.3 Å². The molecule has 2 aliphatic rings. The van der Waals surface area contributed by atoms with Crippen molar-refractivity contribution in [3.8, 4) is 5.75 Å². The third-order valence-electron chi connectivity index (χ3n) is 5.38. The van der Waals surface area contributed by atoms with Gasteiger partial charge in [-0.3, -0.25) is 9.59 Å². The second kappa shape index (κ2) is 7.43. The van der Waals surface area contributed by atoms with E-state index in [0.29, 0.717) is 19.7 Å². The van der Waals surface area contributed by atoms with Crippen LogP contribution in [0.2, 0.25) is 0 Å². The number of ether oxygens (including phenoxy) is 1. The predicted octanol–water partition coefficient (Wildman–Crippen LogP) is 3.02. The predicted molar refractivity (Wildman–Crippen MR) is 104 cm³/mol. The Kier molecular flexibility index (Phi) is 4.84. The highest BCUT2D eigenvalue weighted by atomic mass is 16.5. The number of hydrogen-bond acceptors (Lipinski definition) is 3. The third kappa shape index (κ3) is 3.54. The van der Waals surface area contributed by atoms with E-state index in [2.05, 4.69) is 12.1 Å². The van der Waals surface area contributed by atoms with Gasteiger partial charge >= 0.3 is 0 Å². The van der Waals surface area contributed by atoms with Crippen molar-refractivity contribution < 1.29 is 14.3 Å². The molecule has 5 nitrogen and oxygen atoms in total. The lowest BCUT2D eigenvalue weighted by Gasteiger charge is -2.30. The minimum absolute atomic E-state index is 0.00918. The number of benzene rings is 2. The van der Waals surface area contributed by atoms with Crippen molar-refractivity contribution in [2.75, 3.05) is 24.6 Å². The summed E-state index contributed by atoms with van der Waals surface area (Å²) in [6.07, 6.45) is 1.16. The molecule has 2 heterocycles. The van der Waals surface area contributed by atoms with Crippen LogP contribution in [0.5, 0.6) is 5.75 Å². The summed E-state index contributed by atoms with van der Waals surface area (Å²) >= 11 is 0. The van der Waals surface area contributed by atoms with E-state index < -0.39 is 0 Å². The van der Waals surface area contributed by atoms with Crippen LogP contribution in [-0.4, -0.2) is 36.4 Å². The van der Waals surface area contributed by atoms with Crippen LogP contribution in [-0.2, 0) is 22.6 Å². The number of carbonyl (C=O) groups is 2. The van der Waals surface area contributed by atoms with Crippen LogP contribution in [0, 0.1) is 5.92 Å². The fourth-order valence-corrected chi connectivity index (χ4v) is 3.95. The Morgan fingerprint density at radius 3 is 2.59 bits per heavy atom. The van der Waals surface area contributed by atoms with Crippen LogP contribution >= 0.6 is 0 Å². The Labute approximate surface area is 159 Å². The van der Waals surface area contributed by atoms with Crippen molar-refractivity contribution in [2.24, 2.45) is 5.92 Å². The Bertz CT molecular complexity index is 847. The van der Waals surface area contributed by atoms with E-state index in [1.165, 1.54) is 11.1 Å². The molecule has 0 unspecified atom stereocenters. The first kappa shape index (κ1) is 17.6. The van der Waals surface area contributed by atoms with Gasteiger partial charge in [-0.2, -0.15) is 0 Å². The maximum atomic E-state index is 13.0. The van der Waals surface area contributed by atoms with Gasteiger partial charge in [0, 0.05) is 31.7 Å². The summed E-state index contributed by atoms with van der Waals surface area (Å²) in [5, 5.41) is 0. The van der Waals surface area contributed by atoms with Crippen LogP contribution in [0.25, 0.3) is 0 Å². The van der Waals surface area contributed by atoms with Gasteiger partial charge in [-0.25, -0.2) is 0 Å². The minimum atomic E-state index is -0.269. The van der Waals surface area contributed by atoms with Crippen molar-refractivity contribution >= 4 is 17.5 Å². The molecule has 2 aromatic carbocycles. The van der Waals surface area contributed by atoms with E-state index in [1.807, 2.05) is 48.2 Å². The number of nitrogens with zero attached hydrogens (tertiary/aromatic N) is 2. The molecule has 4 rings (SSSR count). The highest BCUT2D eigenvalue weighted by Gasteiger charge is 2.37. The molecule has 2 amide bonds. The van der Waals surface area contributed by atoms with Crippen LogP contribution in [0.15, 0.2) is 48.5 Å². The summed E-state index contributed by atoms with van der Waals surface area (Å²) in [5.74, 6) is 0.614. The summed E-state index contributed by atoms with van der Waals surface area (Å²) in [6, 6.07) is 15.8. The molecular weight excluding hydrogens is 340 g/mol. The van der Waals surface area contributed by atoms with E-state index in [9.17, 15) is 9.59 Å². The molecule has 0 aliphatic carbocycles. The zero-order chi connectivity index (χ0) is 18.8. The molecule has 27 heavy (non-hydrogen) atoms. The summed E-state index contributed by atoms with van der Waals surface area (Å²) in [4.78, 5) is 29.1. The summed E-state index contributed by atoms with van der Waals surface area (Å²) in [5.41, 5.74) is 3.35. The lowest BCUT2D eigenvalue weighted by molar-refractivity contribution is -0.136. The van der Waals surface area contributed by atoms with Gasteiger partial charge in [0.1, 0.15) is 5.75 Å². The van der Waals surface area contributed by atoms with Gasteiger partial charge in [0.25, 0.3) is 0 Å². The molecule has 0 spiro atoms. The molecule has 1 atom stereocenters. The zero-order valence-electron chi connectivity index (χ0n) is 15.6. The largest absolute Gasteiger partial charge is 0.494 e. The summed E-state index contributed by atoms with van der Waals surface area (Å²) < 4.78 is 5.45. The molecule has 0 saturated carbocycles. The highest BCUT2D eigenvalue weighted by Crippen LogP contribution is 2.29. The van der Waals surface area contributed by atoms with Crippen molar-refractivity contribution in [1.82, 2.24) is 4.90 Å². The lowest BCUT2D eigenvalue weighted by atomic mass is 9.98. The van der Waals surface area contributed by atoms with Crippen LogP contribution in [0.4, 0.5) is 5.69 Å². The fourth-order valence-electron chi connectivity index (χ4n) is 3.95. The molecule has 2 aliphatic heterocycles. The third-order valence-corrected chi connectivity index (χ3v) is 5.38. The molecule has 0 radical (unpaired) electrons. The molecule has 0 aromatic heterocycles. The van der Waals surface area contributed by atoms with Gasteiger partial charge in [-0.1, -0.05) is 24.3 Å². The Balaban J connectivity index is 1.43. The van der Waals surface area contributed by atoms with Crippen molar-refractivity contribution in [1.29, 1.82) is 0 Å². The van der Waals surface area contributed by atoms with Gasteiger partial charge < -0.3 is 14.5 Å². The molecule has 1 fully saturated rings. The van der Waals surface area contributed by atoms with E-state index in [-0.39, 0.29) is 24.2 Å². The number of fused-ring (bicyclic) bond motifs is 1. The minimum Gasteiger partial charge on any atom is -0.494 e. The van der Waals surface area contributed by atoms with E-state index in [0.717, 1.165) is 24.4 Å². The monoisotopic (exact) mass is 364 g/mol. The maximum Gasteiger partial charge on any atom is 0.228 e. The Morgan fingerprint density at radius 2 is 1.85 bits per heavy atom. The SMILES string of the molecule is CCOc1ccc(N2C[C@@H](C(=O)N3CCc4ccccc4C3)CC2=O)cc1. The zero-order valence-corrected chi connectivity index (χ0v) is 15.6. The lowest BCUT2D eigenvalue weighted by Crippen LogP contribution is -2.40. The molecule has 140 valence electrons. The number of amides is 2. The van der Waals surface area contributed by atoms with E-state index >= 15 is 0 Å². The smallest absolute Gasteiger partial charge is 0.228 e. The van der Waals surface area contributed by atoms with Gasteiger partial charge in [0.2, 0.25) is 11.8 Å². The number of hydrogen-bond donors (Lipinski definition) is 0. The molecule has 2 aromatic rings. The molecule has 0 N–H and O–H groups in total. The van der Waals surface area contributed by atoms with Crippen LogP contribution in [0.1, 0.15) is 24.5 Å². The second-order valence-electron chi connectivity index (χ2n) is 7.11. The van der Waals surface area contributed by atoms with Crippen molar-refractivity contribution in [3.05, 3.63) is 59.7 Å². The van der Waals surface area contributed by atoms with Gasteiger partial charge in [0.15, 0.2) is 0 Å². The summed E-state index contributed by atoms with van der Waals surface area (Å²) in [7, 11) is 0. The van der Waals surface area contributed by atoms with Gasteiger partial charge in [-0.15, -0.1) is 0 Å². The van der Waals surface area contributed by atoms with Crippen LogP contribution < -0.4 is 9.64 Å². The molecule has 5 heteroatoms. The molecule has 1 saturated heterocycles. The standard InChI is InChI=1S/C22H24N2O3/c1-2-27-20-9-7-19(8-10-20)24-15-18(13-21(24)25)22(26)23-12-11-16-5-3-4-6-17(16)14-23/h3-10,18H,2,11-15H2,1H3/t18-/m0/s1. The quantitative estimate of drug-likeness (QED) is 0.838. The normalized spacial score (nSPS) is 19.1. The number of carbonyl (C=O) groups excluding carboxylic acids is 2. The van der Waals surface area contributed by atoms with E-state index in [1.54, 1.807) is 4.90 Å². The second-order valence-corrected chi connectivity index (χ2v) is 7.11. The Morgan fingerprint density at radius 1 is 1.11 bits per heavy atom. The van der Waals surface area contributed by atoms with Gasteiger partial charge in [0.05, 0.1) is 12.5 Å². The molecule has 0 bridgehead atoms. The fraction of sp³-hybridized carbons (Fsp3) is 0.364. The number of rotatable bonds is 4. The van der Waals surface area contributed by atoms with Crippen LogP contribution in [0.3, 0.4) is 0 Å².